The summed E-state index contributed by atoms with van der Waals surface area (Å²) in [6.45, 7) is 1.42. The van der Waals surface area contributed by atoms with Gasteiger partial charge >= 0.3 is 6.18 Å². The summed E-state index contributed by atoms with van der Waals surface area (Å²) in [6.07, 6.45) is -3.50. The van der Waals surface area contributed by atoms with E-state index in [-0.39, 0.29) is 24.5 Å². The second-order valence-corrected chi connectivity index (χ2v) is 7.37. The van der Waals surface area contributed by atoms with Crippen molar-refractivity contribution in [1.29, 1.82) is 0 Å². The molecule has 0 bridgehead atoms. The Morgan fingerprint density at radius 2 is 1.88 bits per heavy atom. The Morgan fingerprint density at radius 3 is 2.35 bits per heavy atom. The van der Waals surface area contributed by atoms with Gasteiger partial charge in [-0.05, 0) is 31.2 Å². The van der Waals surface area contributed by atoms with Gasteiger partial charge in [0.1, 0.15) is 5.76 Å². The minimum absolute atomic E-state index is 0.0289. The van der Waals surface area contributed by atoms with Crippen molar-refractivity contribution >= 4 is 21.7 Å². The Balaban J connectivity index is 2.00. The number of alkyl halides is 3. The lowest BCUT2D eigenvalue weighted by Crippen LogP contribution is -2.38. The molecule has 0 aliphatic rings. The number of hydrogen-bond acceptors (Lipinski definition) is 5. The molecular weight excluding hydrogens is 375 g/mol. The zero-order valence-corrected chi connectivity index (χ0v) is 14.7. The van der Waals surface area contributed by atoms with Crippen LogP contribution in [0.4, 0.5) is 19.0 Å². The highest BCUT2D eigenvalue weighted by molar-refractivity contribution is 7.92. The van der Waals surface area contributed by atoms with E-state index in [0.717, 1.165) is 34.8 Å². The molecule has 11 heteroatoms. The number of nitrogens with zero attached hydrogens (tertiary/aromatic N) is 2. The number of carbonyl (C=O) groups excluding carboxylic acids is 1. The van der Waals surface area contributed by atoms with Gasteiger partial charge in [0.15, 0.2) is 5.82 Å². The van der Waals surface area contributed by atoms with Crippen LogP contribution < -0.4 is 9.62 Å². The van der Waals surface area contributed by atoms with Gasteiger partial charge in [0.25, 0.3) is 5.91 Å². The molecule has 0 aliphatic heterocycles. The maximum absolute atomic E-state index is 12.5. The molecule has 142 valence electrons. The predicted molar refractivity (Wildman–Crippen MR) is 87.2 cm³/mol. The van der Waals surface area contributed by atoms with Gasteiger partial charge in [0.05, 0.1) is 18.4 Å². The number of nitrogens with one attached hydrogen (secondary N) is 1. The first kappa shape index (κ1) is 19.8. The third-order valence-corrected chi connectivity index (χ3v) is 4.52. The molecule has 1 amide bonds. The molecule has 0 unspecified atom stereocenters. The SMILES string of the molecule is Cc1cc(N(CCNC(=O)c2ccc(C(F)(F)F)cc2)S(C)(=O)=O)no1. The Labute approximate surface area is 147 Å². The monoisotopic (exact) mass is 391 g/mol. The summed E-state index contributed by atoms with van der Waals surface area (Å²) in [5.41, 5.74) is -0.833. The van der Waals surface area contributed by atoms with Crippen molar-refractivity contribution in [1.82, 2.24) is 10.5 Å². The zero-order chi connectivity index (χ0) is 19.5. The summed E-state index contributed by atoms with van der Waals surface area (Å²) in [7, 11) is -3.65. The van der Waals surface area contributed by atoms with Crippen molar-refractivity contribution in [3.05, 3.63) is 47.2 Å². The van der Waals surface area contributed by atoms with E-state index in [0.29, 0.717) is 5.76 Å². The van der Waals surface area contributed by atoms with Crippen LogP contribution in [0.2, 0.25) is 0 Å². The molecule has 0 aliphatic carbocycles. The van der Waals surface area contributed by atoms with Crippen molar-refractivity contribution in [2.24, 2.45) is 0 Å². The van der Waals surface area contributed by atoms with Gasteiger partial charge in [-0.2, -0.15) is 13.2 Å². The highest BCUT2D eigenvalue weighted by Crippen LogP contribution is 2.29. The van der Waals surface area contributed by atoms with Gasteiger partial charge < -0.3 is 9.84 Å². The lowest BCUT2D eigenvalue weighted by atomic mass is 10.1. The standard InChI is InChI=1S/C15H16F3N3O4S/c1-10-9-13(20-25-10)21(26(2,23)24)8-7-19-14(22)11-3-5-12(6-4-11)15(16,17)18/h3-6,9H,7-8H2,1-2H3,(H,19,22). The average molecular weight is 391 g/mol. The van der Waals surface area contributed by atoms with Gasteiger partial charge in [-0.1, -0.05) is 5.16 Å². The number of amides is 1. The van der Waals surface area contributed by atoms with E-state index in [2.05, 4.69) is 10.5 Å². The lowest BCUT2D eigenvalue weighted by molar-refractivity contribution is -0.137. The maximum Gasteiger partial charge on any atom is 0.416 e. The number of sulfonamides is 1. The van der Waals surface area contributed by atoms with Crippen LogP contribution in [0, 0.1) is 6.92 Å². The third kappa shape index (κ3) is 4.97. The number of carbonyl (C=O) groups is 1. The summed E-state index contributed by atoms with van der Waals surface area (Å²) in [5, 5.41) is 6.08. The van der Waals surface area contributed by atoms with Gasteiger partial charge in [0, 0.05) is 18.2 Å². The molecule has 1 N–H and O–H groups in total. The minimum Gasteiger partial charge on any atom is -0.360 e. The molecule has 0 atom stereocenters. The highest BCUT2D eigenvalue weighted by atomic mass is 32.2. The molecule has 0 saturated carbocycles. The molecule has 1 aromatic heterocycles. The first-order valence-electron chi connectivity index (χ1n) is 7.35. The van der Waals surface area contributed by atoms with Gasteiger partial charge in [-0.3, -0.25) is 4.79 Å². The Hall–Kier alpha value is -2.56. The number of rotatable bonds is 6. The minimum atomic E-state index is -4.49. The zero-order valence-electron chi connectivity index (χ0n) is 13.9. The van der Waals surface area contributed by atoms with Crippen molar-refractivity contribution < 1.29 is 30.9 Å². The van der Waals surface area contributed by atoms with Crippen molar-refractivity contribution in [3.63, 3.8) is 0 Å². The van der Waals surface area contributed by atoms with E-state index < -0.39 is 27.7 Å². The average Bonchev–Trinajstić information content (AvgIpc) is 2.95. The molecule has 7 nitrogen and oxygen atoms in total. The Kier molecular flexibility index (Phi) is 5.59. The molecular formula is C15H16F3N3O4S. The number of aromatic nitrogens is 1. The first-order valence-corrected chi connectivity index (χ1v) is 9.20. The van der Waals surface area contributed by atoms with Gasteiger partial charge in [-0.25, -0.2) is 12.7 Å². The van der Waals surface area contributed by atoms with E-state index in [1.807, 2.05) is 0 Å². The smallest absolute Gasteiger partial charge is 0.360 e. The van der Waals surface area contributed by atoms with Crippen LogP contribution in [0.25, 0.3) is 0 Å². The second-order valence-electron chi connectivity index (χ2n) is 5.46. The number of halogens is 3. The van der Waals surface area contributed by atoms with Crippen molar-refractivity contribution in [3.8, 4) is 0 Å². The quantitative estimate of drug-likeness (QED) is 0.815. The largest absolute Gasteiger partial charge is 0.416 e. The molecule has 0 fully saturated rings. The number of anilines is 1. The molecule has 2 rings (SSSR count). The normalized spacial score (nSPS) is 12.0. The number of hydrogen-bond donors (Lipinski definition) is 1. The molecule has 1 aromatic carbocycles. The van der Waals surface area contributed by atoms with Crippen molar-refractivity contribution in [2.75, 3.05) is 23.7 Å². The van der Waals surface area contributed by atoms with E-state index in [1.165, 1.54) is 6.07 Å². The Bertz CT molecular complexity index is 876. The van der Waals surface area contributed by atoms with Gasteiger partial charge in [0.2, 0.25) is 10.0 Å². The molecule has 2 aromatic rings. The van der Waals surface area contributed by atoms with Gasteiger partial charge in [-0.15, -0.1) is 0 Å². The third-order valence-electron chi connectivity index (χ3n) is 3.35. The molecule has 0 spiro atoms. The van der Waals surface area contributed by atoms with Crippen LogP contribution in [0.5, 0.6) is 0 Å². The fourth-order valence-electron chi connectivity index (χ4n) is 2.10. The van der Waals surface area contributed by atoms with E-state index >= 15 is 0 Å². The van der Waals surface area contributed by atoms with Crippen LogP contribution in [0.1, 0.15) is 21.7 Å². The fourth-order valence-corrected chi connectivity index (χ4v) is 2.95. The van der Waals surface area contributed by atoms with E-state index in [4.69, 9.17) is 4.52 Å². The molecule has 1 heterocycles. The summed E-state index contributed by atoms with van der Waals surface area (Å²) < 4.78 is 67.0. The van der Waals surface area contributed by atoms with Crippen LogP contribution >= 0.6 is 0 Å². The summed E-state index contributed by atoms with van der Waals surface area (Å²) in [6, 6.07) is 5.13. The Morgan fingerprint density at radius 1 is 1.27 bits per heavy atom. The maximum atomic E-state index is 12.5. The fraction of sp³-hybridized carbons (Fsp3) is 0.333. The number of aryl methyl sites for hydroxylation is 1. The number of benzene rings is 1. The van der Waals surface area contributed by atoms with E-state index in [1.54, 1.807) is 6.92 Å². The summed E-state index contributed by atoms with van der Waals surface area (Å²) in [4.78, 5) is 12.0. The summed E-state index contributed by atoms with van der Waals surface area (Å²) >= 11 is 0. The van der Waals surface area contributed by atoms with Crippen molar-refractivity contribution in [2.45, 2.75) is 13.1 Å². The van der Waals surface area contributed by atoms with Crippen LogP contribution in [-0.4, -0.2) is 38.8 Å². The molecule has 0 saturated heterocycles. The molecule has 26 heavy (non-hydrogen) atoms. The van der Waals surface area contributed by atoms with Crippen LogP contribution in [-0.2, 0) is 16.2 Å². The highest BCUT2D eigenvalue weighted by Gasteiger charge is 2.30. The summed E-state index contributed by atoms with van der Waals surface area (Å²) in [5.74, 6) is -0.125. The van der Waals surface area contributed by atoms with Crippen LogP contribution in [0.3, 0.4) is 0 Å². The van der Waals surface area contributed by atoms with E-state index in [9.17, 15) is 26.4 Å². The topological polar surface area (TPSA) is 92.5 Å². The molecule has 0 radical (unpaired) electrons. The first-order chi connectivity index (χ1) is 12.0. The predicted octanol–water partition coefficient (Wildman–Crippen LogP) is 2.20. The van der Waals surface area contributed by atoms with Crippen LogP contribution in [0.15, 0.2) is 34.9 Å². The second kappa shape index (κ2) is 7.36. The lowest BCUT2D eigenvalue weighted by Gasteiger charge is -2.19.